The summed E-state index contributed by atoms with van der Waals surface area (Å²) in [6.07, 6.45) is 0.0595. The van der Waals surface area contributed by atoms with E-state index in [-0.39, 0.29) is 24.1 Å². The molecule has 0 spiro atoms. The van der Waals surface area contributed by atoms with Crippen LogP contribution in [0.5, 0.6) is 0 Å². The maximum atomic E-state index is 13.4. The van der Waals surface area contributed by atoms with Crippen molar-refractivity contribution in [1.82, 2.24) is 9.88 Å². The number of fused-ring (bicyclic) bond motifs is 1. The molecule has 2 heterocycles. The van der Waals surface area contributed by atoms with E-state index in [0.717, 1.165) is 11.3 Å². The maximum Gasteiger partial charge on any atom is 0.255 e. The van der Waals surface area contributed by atoms with E-state index in [0.29, 0.717) is 22.8 Å². The SMILES string of the molecule is Cc1csc(NC(=O)C[C@H](c2ccc(F)cc2)N2Cc3ccccc3C2=O)n1. The van der Waals surface area contributed by atoms with E-state index in [4.69, 9.17) is 0 Å². The first-order valence-electron chi connectivity index (χ1n) is 8.87. The van der Waals surface area contributed by atoms with Crippen LogP contribution >= 0.6 is 11.3 Å². The molecule has 0 saturated heterocycles. The van der Waals surface area contributed by atoms with Gasteiger partial charge in [0, 0.05) is 17.5 Å². The Morgan fingerprint density at radius 3 is 2.68 bits per heavy atom. The standard InChI is InChI=1S/C21H18FN3O2S/c1-13-12-28-21(23-13)24-19(26)10-18(14-6-8-16(22)9-7-14)25-11-15-4-2-3-5-17(15)20(25)27/h2-9,12,18H,10-11H2,1H3,(H,23,24,26)/t18-/m1/s1. The molecule has 3 aromatic rings. The van der Waals surface area contributed by atoms with Gasteiger partial charge in [-0.1, -0.05) is 30.3 Å². The number of hydrogen-bond acceptors (Lipinski definition) is 4. The first kappa shape index (κ1) is 18.3. The summed E-state index contributed by atoms with van der Waals surface area (Å²) in [5.41, 5.74) is 3.12. The summed E-state index contributed by atoms with van der Waals surface area (Å²) in [6, 6.07) is 12.8. The Bertz CT molecular complexity index is 1030. The third kappa shape index (κ3) is 3.66. The molecule has 2 amide bonds. The highest BCUT2D eigenvalue weighted by Crippen LogP contribution is 2.34. The number of aromatic nitrogens is 1. The van der Waals surface area contributed by atoms with Crippen molar-refractivity contribution in [3.05, 3.63) is 82.1 Å². The Kier molecular flexibility index (Phi) is 4.92. The highest BCUT2D eigenvalue weighted by molar-refractivity contribution is 7.13. The summed E-state index contributed by atoms with van der Waals surface area (Å²) in [6.45, 7) is 2.27. The van der Waals surface area contributed by atoms with Crippen LogP contribution in [0.25, 0.3) is 0 Å². The molecule has 4 rings (SSSR count). The second-order valence-corrected chi connectivity index (χ2v) is 7.56. The topological polar surface area (TPSA) is 62.3 Å². The number of nitrogens with one attached hydrogen (secondary N) is 1. The van der Waals surface area contributed by atoms with Crippen molar-refractivity contribution in [2.24, 2.45) is 0 Å². The quantitative estimate of drug-likeness (QED) is 0.700. The van der Waals surface area contributed by atoms with Crippen LogP contribution in [0.4, 0.5) is 9.52 Å². The summed E-state index contributed by atoms with van der Waals surface area (Å²) >= 11 is 1.35. The normalized spacial score (nSPS) is 14.1. The second-order valence-electron chi connectivity index (χ2n) is 6.70. The number of thiazole rings is 1. The summed E-state index contributed by atoms with van der Waals surface area (Å²) in [4.78, 5) is 31.5. The average molecular weight is 395 g/mol. The Balaban J connectivity index is 1.60. The first-order valence-corrected chi connectivity index (χ1v) is 9.75. The minimum atomic E-state index is -0.499. The smallest absolute Gasteiger partial charge is 0.255 e. The number of benzene rings is 2. The number of halogens is 1. The summed E-state index contributed by atoms with van der Waals surface area (Å²) in [5, 5.41) is 5.17. The average Bonchev–Trinajstić information content (AvgIpc) is 3.24. The highest BCUT2D eigenvalue weighted by Gasteiger charge is 2.34. The molecule has 1 atom stereocenters. The number of anilines is 1. The van der Waals surface area contributed by atoms with Crippen molar-refractivity contribution in [2.45, 2.75) is 25.9 Å². The van der Waals surface area contributed by atoms with E-state index in [1.807, 2.05) is 30.5 Å². The van der Waals surface area contributed by atoms with E-state index in [2.05, 4.69) is 10.3 Å². The Labute approximate surface area is 165 Å². The molecule has 0 fully saturated rings. The van der Waals surface area contributed by atoms with Crippen LogP contribution < -0.4 is 5.32 Å². The van der Waals surface area contributed by atoms with Gasteiger partial charge < -0.3 is 10.2 Å². The predicted octanol–water partition coefficient (Wildman–Crippen LogP) is 4.32. The lowest BCUT2D eigenvalue weighted by molar-refractivity contribution is -0.117. The molecule has 1 aliphatic heterocycles. The molecule has 142 valence electrons. The van der Waals surface area contributed by atoms with E-state index >= 15 is 0 Å². The number of rotatable bonds is 5. The van der Waals surface area contributed by atoms with Gasteiger partial charge in [0.15, 0.2) is 5.13 Å². The summed E-state index contributed by atoms with van der Waals surface area (Å²) in [5.74, 6) is -0.725. The molecule has 0 unspecified atom stereocenters. The van der Waals surface area contributed by atoms with Gasteiger partial charge in [0.2, 0.25) is 5.91 Å². The fourth-order valence-corrected chi connectivity index (χ4v) is 4.08. The van der Waals surface area contributed by atoms with Gasteiger partial charge in [-0.15, -0.1) is 11.3 Å². The van der Waals surface area contributed by atoms with Crippen LogP contribution in [0.3, 0.4) is 0 Å². The first-order chi connectivity index (χ1) is 13.5. The van der Waals surface area contributed by atoms with Gasteiger partial charge in [0.25, 0.3) is 5.91 Å². The zero-order valence-corrected chi connectivity index (χ0v) is 16.0. The third-order valence-corrected chi connectivity index (χ3v) is 5.60. The van der Waals surface area contributed by atoms with E-state index in [9.17, 15) is 14.0 Å². The minimum Gasteiger partial charge on any atom is -0.327 e. The summed E-state index contributed by atoms with van der Waals surface area (Å²) in [7, 11) is 0. The van der Waals surface area contributed by atoms with E-state index < -0.39 is 6.04 Å². The molecule has 1 N–H and O–H groups in total. The van der Waals surface area contributed by atoms with Crippen LogP contribution in [0, 0.1) is 12.7 Å². The zero-order chi connectivity index (χ0) is 19.7. The Morgan fingerprint density at radius 2 is 2.00 bits per heavy atom. The van der Waals surface area contributed by atoms with Gasteiger partial charge in [-0.25, -0.2) is 9.37 Å². The van der Waals surface area contributed by atoms with Crippen molar-refractivity contribution in [1.29, 1.82) is 0 Å². The van der Waals surface area contributed by atoms with E-state index in [1.54, 1.807) is 23.1 Å². The molecular formula is C21H18FN3O2S. The number of aryl methyl sites for hydroxylation is 1. The fraction of sp³-hybridized carbons (Fsp3) is 0.190. The van der Waals surface area contributed by atoms with Crippen molar-refractivity contribution < 1.29 is 14.0 Å². The molecule has 0 radical (unpaired) electrons. The number of carbonyl (C=O) groups is 2. The molecule has 0 aliphatic carbocycles. The molecule has 1 aromatic heterocycles. The summed E-state index contributed by atoms with van der Waals surface area (Å²) < 4.78 is 13.4. The second kappa shape index (κ2) is 7.52. The van der Waals surface area contributed by atoms with E-state index in [1.165, 1.54) is 23.5 Å². The number of nitrogens with zero attached hydrogens (tertiary/aromatic N) is 2. The molecule has 1 aliphatic rings. The lowest BCUT2D eigenvalue weighted by atomic mass is 10.0. The fourth-order valence-electron chi connectivity index (χ4n) is 3.38. The van der Waals surface area contributed by atoms with Crippen molar-refractivity contribution in [3.63, 3.8) is 0 Å². The van der Waals surface area contributed by atoms with Crippen LogP contribution in [0.2, 0.25) is 0 Å². The monoisotopic (exact) mass is 395 g/mol. The number of hydrogen-bond donors (Lipinski definition) is 1. The van der Waals surface area contributed by atoms with Crippen LogP contribution in [0.15, 0.2) is 53.9 Å². The van der Waals surface area contributed by atoms with Crippen LogP contribution in [0.1, 0.15) is 39.6 Å². The highest BCUT2D eigenvalue weighted by atomic mass is 32.1. The van der Waals surface area contributed by atoms with Crippen LogP contribution in [-0.4, -0.2) is 21.7 Å². The van der Waals surface area contributed by atoms with Crippen molar-refractivity contribution in [2.75, 3.05) is 5.32 Å². The third-order valence-electron chi connectivity index (χ3n) is 4.72. The van der Waals surface area contributed by atoms with Crippen molar-refractivity contribution in [3.8, 4) is 0 Å². The molecular weight excluding hydrogens is 377 g/mol. The van der Waals surface area contributed by atoms with Crippen LogP contribution in [-0.2, 0) is 11.3 Å². The van der Waals surface area contributed by atoms with Gasteiger partial charge in [-0.2, -0.15) is 0 Å². The zero-order valence-electron chi connectivity index (χ0n) is 15.2. The van der Waals surface area contributed by atoms with Gasteiger partial charge >= 0.3 is 0 Å². The molecule has 28 heavy (non-hydrogen) atoms. The lowest BCUT2D eigenvalue weighted by Gasteiger charge is -2.28. The molecule has 7 heteroatoms. The minimum absolute atomic E-state index is 0.0595. The predicted molar refractivity (Wildman–Crippen MR) is 106 cm³/mol. The lowest BCUT2D eigenvalue weighted by Crippen LogP contribution is -2.32. The van der Waals surface area contributed by atoms with Gasteiger partial charge in [-0.3, -0.25) is 9.59 Å². The van der Waals surface area contributed by atoms with Gasteiger partial charge in [0.05, 0.1) is 18.2 Å². The van der Waals surface area contributed by atoms with Crippen molar-refractivity contribution >= 4 is 28.3 Å². The Morgan fingerprint density at radius 1 is 1.25 bits per heavy atom. The molecule has 0 saturated carbocycles. The number of amides is 2. The molecule has 5 nitrogen and oxygen atoms in total. The largest absolute Gasteiger partial charge is 0.327 e. The van der Waals surface area contributed by atoms with Gasteiger partial charge in [0.1, 0.15) is 5.82 Å². The number of carbonyl (C=O) groups excluding carboxylic acids is 2. The Hall–Kier alpha value is -3.06. The molecule has 0 bridgehead atoms. The maximum absolute atomic E-state index is 13.4. The molecule has 2 aromatic carbocycles. The van der Waals surface area contributed by atoms with Gasteiger partial charge in [-0.05, 0) is 36.2 Å².